The van der Waals surface area contributed by atoms with Crippen LogP contribution in [0.5, 0.6) is 0 Å². The van der Waals surface area contributed by atoms with Crippen LogP contribution in [0, 0.1) is 0 Å². The molecule has 0 bridgehead atoms. The number of benzene rings is 1. The molecule has 1 fully saturated rings. The molecule has 114 valence electrons. The van der Waals surface area contributed by atoms with E-state index in [9.17, 15) is 13.2 Å². The summed E-state index contributed by atoms with van der Waals surface area (Å²) in [5, 5.41) is 2.68. The topological polar surface area (TPSA) is 92.5 Å². The van der Waals surface area contributed by atoms with Gasteiger partial charge in [0.15, 0.2) is 0 Å². The van der Waals surface area contributed by atoms with E-state index in [0.29, 0.717) is 18.5 Å². The Morgan fingerprint density at radius 2 is 2.05 bits per heavy atom. The van der Waals surface area contributed by atoms with Crippen LogP contribution >= 0.6 is 12.2 Å². The molecule has 8 heteroatoms. The van der Waals surface area contributed by atoms with Crippen LogP contribution in [-0.2, 0) is 14.8 Å². The number of nitrogens with zero attached hydrogens (tertiary/aromatic N) is 1. The van der Waals surface area contributed by atoms with Crippen LogP contribution in [-0.4, -0.2) is 42.8 Å². The monoisotopic (exact) mass is 327 g/mol. The largest absolute Gasteiger partial charge is 0.389 e. The summed E-state index contributed by atoms with van der Waals surface area (Å²) in [4.78, 5) is 12.2. The van der Waals surface area contributed by atoms with Gasteiger partial charge in [-0.3, -0.25) is 4.79 Å². The number of carbonyl (C=O) groups excluding carboxylic acids is 1. The van der Waals surface area contributed by atoms with Crippen LogP contribution < -0.4 is 11.1 Å². The van der Waals surface area contributed by atoms with Crippen molar-refractivity contribution in [2.45, 2.75) is 24.3 Å². The summed E-state index contributed by atoms with van der Waals surface area (Å²) in [7, 11) is -3.71. The summed E-state index contributed by atoms with van der Waals surface area (Å²) in [5.74, 6) is -0.257. The van der Waals surface area contributed by atoms with Crippen molar-refractivity contribution in [1.29, 1.82) is 0 Å². The minimum atomic E-state index is -3.71. The van der Waals surface area contributed by atoms with Gasteiger partial charge in [0.1, 0.15) is 11.0 Å². The molecule has 6 nitrogen and oxygen atoms in total. The highest BCUT2D eigenvalue weighted by Gasteiger charge is 2.37. The highest BCUT2D eigenvalue weighted by atomic mass is 32.2. The molecule has 0 aliphatic carbocycles. The molecule has 21 heavy (non-hydrogen) atoms. The second kappa shape index (κ2) is 6.08. The van der Waals surface area contributed by atoms with Gasteiger partial charge in [0.25, 0.3) is 0 Å². The third-order valence-electron chi connectivity index (χ3n) is 3.41. The molecule has 2 rings (SSSR count). The highest BCUT2D eigenvalue weighted by molar-refractivity contribution is 7.89. The van der Waals surface area contributed by atoms with Crippen molar-refractivity contribution in [3.63, 3.8) is 0 Å². The molecule has 1 unspecified atom stereocenters. The molecule has 1 aromatic rings. The Balaban J connectivity index is 2.36. The van der Waals surface area contributed by atoms with Gasteiger partial charge in [-0.25, -0.2) is 8.42 Å². The highest BCUT2D eigenvalue weighted by Crippen LogP contribution is 2.21. The third-order valence-corrected chi connectivity index (χ3v) is 5.57. The quantitative estimate of drug-likeness (QED) is 0.772. The SMILES string of the molecule is CCC1C(=O)NCCN1S(=O)(=O)c1ccc(C(N)=S)cc1. The van der Waals surface area contributed by atoms with Gasteiger partial charge in [-0.2, -0.15) is 4.31 Å². The van der Waals surface area contributed by atoms with Gasteiger partial charge in [0.05, 0.1) is 4.90 Å². The number of thiocarbonyl (C=S) groups is 1. The number of hydrogen-bond donors (Lipinski definition) is 2. The molecule has 1 atom stereocenters. The van der Waals surface area contributed by atoms with E-state index in [2.05, 4.69) is 5.32 Å². The standard InChI is InChI=1S/C13H17N3O3S2/c1-2-11-13(17)15-7-8-16(11)21(18,19)10-5-3-9(4-6-10)12(14)20/h3-6,11H,2,7-8H2,1H3,(H2,14,20)(H,15,17). The smallest absolute Gasteiger partial charge is 0.243 e. The van der Waals surface area contributed by atoms with Gasteiger partial charge in [0.2, 0.25) is 15.9 Å². The predicted molar refractivity (Wildman–Crippen MR) is 83.3 cm³/mol. The first-order valence-electron chi connectivity index (χ1n) is 6.57. The fourth-order valence-corrected chi connectivity index (χ4v) is 4.10. The first-order valence-corrected chi connectivity index (χ1v) is 8.42. The summed E-state index contributed by atoms with van der Waals surface area (Å²) in [6.07, 6.45) is 0.427. The summed E-state index contributed by atoms with van der Waals surface area (Å²) < 4.78 is 26.6. The van der Waals surface area contributed by atoms with Crippen LogP contribution in [0.2, 0.25) is 0 Å². The zero-order chi connectivity index (χ0) is 15.6. The average molecular weight is 327 g/mol. The number of hydrogen-bond acceptors (Lipinski definition) is 4. The summed E-state index contributed by atoms with van der Waals surface area (Å²) in [6.45, 7) is 2.37. The first kappa shape index (κ1) is 15.9. The van der Waals surface area contributed by atoms with Crippen molar-refractivity contribution in [2.75, 3.05) is 13.1 Å². The minimum absolute atomic E-state index is 0.135. The zero-order valence-electron chi connectivity index (χ0n) is 11.6. The van der Waals surface area contributed by atoms with Crippen LogP contribution in [0.1, 0.15) is 18.9 Å². The van der Waals surface area contributed by atoms with E-state index in [-0.39, 0.29) is 22.3 Å². The zero-order valence-corrected chi connectivity index (χ0v) is 13.2. The Morgan fingerprint density at radius 1 is 1.43 bits per heavy atom. The molecular formula is C13H17N3O3S2. The maximum Gasteiger partial charge on any atom is 0.243 e. The predicted octanol–water partition coefficient (Wildman–Crippen LogP) is 0.220. The normalized spacial score (nSPS) is 20.0. The maximum atomic E-state index is 12.7. The molecule has 1 aliphatic heterocycles. The number of carbonyl (C=O) groups is 1. The lowest BCUT2D eigenvalue weighted by Crippen LogP contribution is -2.56. The second-order valence-corrected chi connectivity index (χ2v) is 7.05. The average Bonchev–Trinajstić information content (AvgIpc) is 2.47. The second-order valence-electron chi connectivity index (χ2n) is 4.72. The first-order chi connectivity index (χ1) is 9.87. The van der Waals surface area contributed by atoms with Gasteiger partial charge < -0.3 is 11.1 Å². The Hall–Kier alpha value is -1.51. The fourth-order valence-electron chi connectivity index (χ4n) is 2.30. The van der Waals surface area contributed by atoms with Crippen molar-refractivity contribution in [3.05, 3.63) is 29.8 Å². The molecule has 0 aromatic heterocycles. The van der Waals surface area contributed by atoms with E-state index < -0.39 is 16.1 Å². The molecule has 1 aliphatic rings. The molecule has 3 N–H and O–H groups in total. The molecule has 0 radical (unpaired) electrons. The Bertz CT molecular complexity index is 656. The van der Waals surface area contributed by atoms with Crippen molar-refractivity contribution in [3.8, 4) is 0 Å². The number of nitrogens with two attached hydrogens (primary N) is 1. The summed E-state index contributed by atoms with van der Waals surface area (Å²) in [6, 6.07) is 5.39. The molecule has 1 heterocycles. The van der Waals surface area contributed by atoms with Crippen LogP contribution in [0.4, 0.5) is 0 Å². The Labute approximate surface area is 129 Å². The maximum absolute atomic E-state index is 12.7. The molecule has 0 saturated carbocycles. The van der Waals surface area contributed by atoms with Crippen LogP contribution in [0.25, 0.3) is 0 Å². The van der Waals surface area contributed by atoms with Gasteiger partial charge in [-0.05, 0) is 18.6 Å². The summed E-state index contributed by atoms with van der Waals surface area (Å²) >= 11 is 4.84. The van der Waals surface area contributed by atoms with Crippen molar-refractivity contribution < 1.29 is 13.2 Å². The number of sulfonamides is 1. The van der Waals surface area contributed by atoms with E-state index in [4.69, 9.17) is 18.0 Å². The molecular weight excluding hydrogens is 310 g/mol. The van der Waals surface area contributed by atoms with E-state index in [1.807, 2.05) is 0 Å². The van der Waals surface area contributed by atoms with Crippen LogP contribution in [0.3, 0.4) is 0 Å². The van der Waals surface area contributed by atoms with E-state index in [0.717, 1.165) is 0 Å². The van der Waals surface area contributed by atoms with Crippen molar-refractivity contribution >= 4 is 33.1 Å². The van der Waals surface area contributed by atoms with Crippen molar-refractivity contribution in [1.82, 2.24) is 9.62 Å². The van der Waals surface area contributed by atoms with Gasteiger partial charge in [0, 0.05) is 18.7 Å². The van der Waals surface area contributed by atoms with Gasteiger partial charge in [-0.15, -0.1) is 0 Å². The number of nitrogens with one attached hydrogen (secondary N) is 1. The third kappa shape index (κ3) is 3.07. The van der Waals surface area contributed by atoms with Gasteiger partial charge in [-0.1, -0.05) is 31.3 Å². The van der Waals surface area contributed by atoms with E-state index in [1.54, 1.807) is 19.1 Å². The lowest BCUT2D eigenvalue weighted by atomic mass is 10.2. The minimum Gasteiger partial charge on any atom is -0.389 e. The molecule has 0 spiro atoms. The lowest BCUT2D eigenvalue weighted by Gasteiger charge is -2.33. The molecule has 1 amide bonds. The number of rotatable bonds is 4. The van der Waals surface area contributed by atoms with E-state index >= 15 is 0 Å². The Morgan fingerprint density at radius 3 is 2.57 bits per heavy atom. The fraction of sp³-hybridized carbons (Fsp3) is 0.385. The van der Waals surface area contributed by atoms with Crippen molar-refractivity contribution in [2.24, 2.45) is 5.73 Å². The molecule has 1 aromatic carbocycles. The van der Waals surface area contributed by atoms with Gasteiger partial charge >= 0.3 is 0 Å². The number of amides is 1. The van der Waals surface area contributed by atoms with Crippen LogP contribution in [0.15, 0.2) is 29.2 Å². The molecule has 1 saturated heterocycles. The number of piperazine rings is 1. The van der Waals surface area contributed by atoms with E-state index in [1.165, 1.54) is 16.4 Å². The summed E-state index contributed by atoms with van der Waals surface area (Å²) in [5.41, 5.74) is 6.10. The lowest BCUT2D eigenvalue weighted by molar-refractivity contribution is -0.126. The Kier molecular flexibility index (Phi) is 4.60.